The maximum absolute atomic E-state index is 10.8. The summed E-state index contributed by atoms with van der Waals surface area (Å²) in [6, 6.07) is 0.0642. The van der Waals surface area contributed by atoms with E-state index in [0.29, 0.717) is 0 Å². The van der Waals surface area contributed by atoms with Gasteiger partial charge in [-0.3, -0.25) is 20.1 Å². The van der Waals surface area contributed by atoms with Crippen LogP contribution in [0, 0.1) is 10.1 Å². The van der Waals surface area contributed by atoms with Gasteiger partial charge in [-0.2, -0.15) is 0 Å². The van der Waals surface area contributed by atoms with Gasteiger partial charge in [-0.1, -0.05) is 0 Å². The maximum Gasteiger partial charge on any atom is 0.410 e. The predicted octanol–water partition coefficient (Wildman–Crippen LogP) is 0.806. The third kappa shape index (κ3) is 2.56. The van der Waals surface area contributed by atoms with Crippen LogP contribution in [0.15, 0.2) is 6.20 Å². The lowest BCUT2D eigenvalue weighted by molar-refractivity contribution is -0.384. The van der Waals surface area contributed by atoms with Gasteiger partial charge in [-0.15, -0.1) is 5.10 Å². The Balaban J connectivity index is 2.26. The third-order valence-corrected chi connectivity index (χ3v) is 2.82. The molecule has 0 radical (unpaired) electrons. The van der Waals surface area contributed by atoms with Crippen molar-refractivity contribution in [1.29, 1.82) is 0 Å². The molecule has 1 amide bonds. The number of piperidine rings is 1. The molecule has 1 aromatic heterocycles. The minimum atomic E-state index is -1.37. The van der Waals surface area contributed by atoms with Crippen molar-refractivity contribution in [3.63, 3.8) is 0 Å². The van der Waals surface area contributed by atoms with Gasteiger partial charge in [0.25, 0.3) is 0 Å². The Labute approximate surface area is 102 Å². The Hall–Kier alpha value is -2.16. The van der Waals surface area contributed by atoms with Gasteiger partial charge in [0.1, 0.15) is 6.20 Å². The number of carbonyl (C=O) groups is 1. The van der Waals surface area contributed by atoms with Crippen LogP contribution in [0.3, 0.4) is 0 Å². The van der Waals surface area contributed by atoms with E-state index in [-0.39, 0.29) is 17.5 Å². The van der Waals surface area contributed by atoms with Crippen LogP contribution < -0.4 is 10.6 Å². The third-order valence-electron chi connectivity index (χ3n) is 2.82. The van der Waals surface area contributed by atoms with Crippen LogP contribution in [0.2, 0.25) is 0 Å². The van der Waals surface area contributed by atoms with Crippen molar-refractivity contribution < 1.29 is 14.8 Å². The zero-order chi connectivity index (χ0) is 13.1. The summed E-state index contributed by atoms with van der Waals surface area (Å²) in [7, 11) is 0. The first-order chi connectivity index (χ1) is 8.58. The number of anilines is 1. The molecule has 1 aliphatic rings. The van der Waals surface area contributed by atoms with Gasteiger partial charge < -0.3 is 10.4 Å². The molecule has 0 spiro atoms. The summed E-state index contributed by atoms with van der Waals surface area (Å²) < 4.78 is 1.48. The molecule has 0 unspecified atom stereocenters. The largest absolute Gasteiger partial charge is 0.465 e. The minimum Gasteiger partial charge on any atom is -0.465 e. The fraction of sp³-hybridized carbons (Fsp3) is 0.556. The number of hydrogen-bond donors (Lipinski definition) is 3. The van der Waals surface area contributed by atoms with E-state index in [0.717, 1.165) is 25.9 Å². The molecule has 3 N–H and O–H groups in total. The average Bonchev–Trinajstić information content (AvgIpc) is 2.73. The Morgan fingerprint density at radius 2 is 2.28 bits per heavy atom. The molecule has 0 atom stereocenters. The fourth-order valence-corrected chi connectivity index (χ4v) is 1.96. The van der Waals surface area contributed by atoms with Gasteiger partial charge >= 0.3 is 11.8 Å². The van der Waals surface area contributed by atoms with E-state index in [1.807, 2.05) is 5.32 Å². The van der Waals surface area contributed by atoms with Gasteiger partial charge in [0.15, 0.2) is 0 Å². The molecule has 1 aliphatic heterocycles. The van der Waals surface area contributed by atoms with Crippen LogP contribution in [0.1, 0.15) is 18.9 Å². The number of nitrogens with zero attached hydrogens (tertiary/aromatic N) is 3. The number of carboxylic acid groups (broad SMARTS) is 1. The monoisotopic (exact) mass is 255 g/mol. The number of nitrogens with one attached hydrogen (secondary N) is 2. The van der Waals surface area contributed by atoms with Crippen LogP contribution in [0.25, 0.3) is 0 Å². The highest BCUT2D eigenvalue weighted by molar-refractivity contribution is 5.84. The Bertz CT molecular complexity index is 466. The summed E-state index contributed by atoms with van der Waals surface area (Å²) in [6.07, 6.45) is 1.53. The molecule has 9 nitrogen and oxygen atoms in total. The van der Waals surface area contributed by atoms with Crippen LogP contribution in [0.4, 0.5) is 16.3 Å². The Kier molecular flexibility index (Phi) is 3.42. The summed E-state index contributed by atoms with van der Waals surface area (Å²) in [5.41, 5.74) is -0.323. The zero-order valence-corrected chi connectivity index (χ0v) is 9.50. The molecule has 1 fully saturated rings. The lowest BCUT2D eigenvalue weighted by Crippen LogP contribution is -2.29. The first kappa shape index (κ1) is 12.3. The van der Waals surface area contributed by atoms with Crippen LogP contribution in [0.5, 0.6) is 0 Å². The van der Waals surface area contributed by atoms with E-state index in [1.165, 1.54) is 10.9 Å². The molecule has 98 valence electrons. The molecule has 9 heteroatoms. The van der Waals surface area contributed by atoms with Crippen molar-refractivity contribution in [2.45, 2.75) is 18.9 Å². The van der Waals surface area contributed by atoms with Gasteiger partial charge in [0.05, 0.1) is 11.0 Å². The van der Waals surface area contributed by atoms with E-state index >= 15 is 0 Å². The molecular weight excluding hydrogens is 242 g/mol. The van der Waals surface area contributed by atoms with E-state index in [1.54, 1.807) is 0 Å². The van der Waals surface area contributed by atoms with Gasteiger partial charge in [0.2, 0.25) is 5.82 Å². The summed E-state index contributed by atoms with van der Waals surface area (Å²) in [5, 5.41) is 28.5. The normalized spacial score (nSPS) is 16.4. The Morgan fingerprint density at radius 1 is 1.61 bits per heavy atom. The number of nitro groups is 1. The van der Waals surface area contributed by atoms with Gasteiger partial charge in [0, 0.05) is 0 Å². The summed E-state index contributed by atoms with van der Waals surface area (Å²) in [4.78, 5) is 20.7. The molecule has 1 saturated heterocycles. The zero-order valence-electron chi connectivity index (χ0n) is 9.50. The van der Waals surface area contributed by atoms with Crippen molar-refractivity contribution >= 4 is 17.6 Å². The number of amides is 1. The number of aromatic nitrogens is 2. The molecule has 0 bridgehead atoms. The lowest BCUT2D eigenvalue weighted by Gasteiger charge is -2.22. The van der Waals surface area contributed by atoms with Crippen molar-refractivity contribution in [2.24, 2.45) is 0 Å². The van der Waals surface area contributed by atoms with E-state index in [4.69, 9.17) is 5.11 Å². The summed E-state index contributed by atoms with van der Waals surface area (Å²) in [6.45, 7) is 1.64. The quantitative estimate of drug-likeness (QED) is 0.542. The van der Waals surface area contributed by atoms with Gasteiger partial charge in [-0.25, -0.2) is 4.79 Å². The molecule has 18 heavy (non-hydrogen) atoms. The smallest absolute Gasteiger partial charge is 0.410 e. The second kappa shape index (κ2) is 5.00. The molecule has 0 aromatic carbocycles. The van der Waals surface area contributed by atoms with Crippen molar-refractivity contribution in [1.82, 2.24) is 15.1 Å². The fourth-order valence-electron chi connectivity index (χ4n) is 1.96. The highest BCUT2D eigenvalue weighted by atomic mass is 16.6. The predicted molar refractivity (Wildman–Crippen MR) is 61.7 cm³/mol. The van der Waals surface area contributed by atoms with Crippen LogP contribution in [-0.4, -0.2) is 39.0 Å². The molecule has 0 aliphatic carbocycles. The van der Waals surface area contributed by atoms with Crippen molar-refractivity contribution in [3.05, 3.63) is 16.3 Å². The van der Waals surface area contributed by atoms with E-state index < -0.39 is 11.0 Å². The van der Waals surface area contributed by atoms with Gasteiger partial charge in [-0.05, 0) is 25.9 Å². The highest BCUT2D eigenvalue weighted by Crippen LogP contribution is 2.27. The van der Waals surface area contributed by atoms with Crippen molar-refractivity contribution in [3.8, 4) is 0 Å². The minimum absolute atomic E-state index is 0.0642. The first-order valence-corrected chi connectivity index (χ1v) is 5.52. The molecular formula is C9H13N5O4. The second-order valence-corrected chi connectivity index (χ2v) is 4.01. The van der Waals surface area contributed by atoms with Crippen LogP contribution in [-0.2, 0) is 0 Å². The molecule has 2 heterocycles. The molecule has 0 saturated carbocycles. The number of hydrogen-bond acceptors (Lipinski definition) is 5. The first-order valence-electron chi connectivity index (χ1n) is 5.52. The van der Waals surface area contributed by atoms with E-state index in [2.05, 4.69) is 10.4 Å². The van der Waals surface area contributed by atoms with Crippen molar-refractivity contribution in [2.75, 3.05) is 18.4 Å². The highest BCUT2D eigenvalue weighted by Gasteiger charge is 2.25. The Morgan fingerprint density at radius 3 is 2.83 bits per heavy atom. The molecule has 1 aromatic rings. The second-order valence-electron chi connectivity index (χ2n) is 4.01. The topological polar surface area (TPSA) is 122 Å². The summed E-state index contributed by atoms with van der Waals surface area (Å²) in [5.74, 6) is -0.231. The molecule has 2 rings (SSSR count). The van der Waals surface area contributed by atoms with Crippen LogP contribution >= 0.6 is 0 Å². The SMILES string of the molecule is O=C(O)Nc1nn(C2CCNCC2)cc1[N+](=O)[O-]. The lowest BCUT2D eigenvalue weighted by atomic mass is 10.1. The number of rotatable bonds is 3. The summed E-state index contributed by atoms with van der Waals surface area (Å²) >= 11 is 0. The average molecular weight is 255 g/mol. The van der Waals surface area contributed by atoms with E-state index in [9.17, 15) is 14.9 Å². The maximum atomic E-state index is 10.8. The standard InChI is InChI=1S/C9H13N5O4/c15-9(16)11-8-7(14(17)18)5-13(12-8)6-1-3-10-4-2-6/h5-6,10H,1-4H2,(H,11,12)(H,15,16).